The first-order valence-electron chi connectivity index (χ1n) is 10.00. The van der Waals surface area contributed by atoms with E-state index in [1.54, 1.807) is 30.5 Å². The van der Waals surface area contributed by atoms with Crippen LogP contribution in [0.3, 0.4) is 0 Å². The van der Waals surface area contributed by atoms with E-state index in [4.69, 9.17) is 47.1 Å². The minimum absolute atomic E-state index is 0.199. The number of hydrogen-bond donors (Lipinski definition) is 2. The van der Waals surface area contributed by atoms with Crippen LogP contribution in [-0.2, 0) is 16.5 Å². The molecule has 0 saturated carbocycles. The van der Waals surface area contributed by atoms with Crippen LogP contribution in [0.1, 0.15) is 25.1 Å². The third-order valence-corrected chi connectivity index (χ3v) is 5.68. The van der Waals surface area contributed by atoms with E-state index in [9.17, 15) is 14.3 Å². The highest BCUT2D eigenvalue weighted by Gasteiger charge is 2.35. The number of carboxylic acids is 1. The maximum atomic E-state index is 13.7. The largest absolute Gasteiger partial charge is 0.482 e. The van der Waals surface area contributed by atoms with E-state index >= 15 is 0 Å². The molecule has 0 aliphatic carbocycles. The summed E-state index contributed by atoms with van der Waals surface area (Å²) in [5, 5.41) is 14.0. The molecule has 2 aromatic heterocycles. The number of rotatable bonds is 5. The predicted octanol–water partition coefficient (Wildman–Crippen LogP) is -0.489. The fraction of sp³-hybridized carbons (Fsp3) is 0.238. The molecule has 4 aromatic rings. The summed E-state index contributed by atoms with van der Waals surface area (Å²) in [5.74, 6) is -1.85. The Hall–Kier alpha value is -2.76. The first-order chi connectivity index (χ1) is 15.3. The molecule has 12 radical (unpaired) electrons. The second kappa shape index (κ2) is 7.64. The number of carbonyl (C=O) groups is 1. The van der Waals surface area contributed by atoms with Crippen LogP contribution >= 0.6 is 0 Å². The summed E-state index contributed by atoms with van der Waals surface area (Å²) in [6.45, 7) is 3.46. The Labute approximate surface area is 198 Å². The highest BCUT2D eigenvalue weighted by atomic mass is 19.1. The predicted molar refractivity (Wildman–Crippen MR) is 133 cm³/mol. The maximum Gasteiger partial charge on any atom is 0.292 e. The van der Waals surface area contributed by atoms with Crippen LogP contribution in [0.5, 0.6) is 0 Å². The number of H-pyrrole nitrogens is 1. The highest BCUT2D eigenvalue weighted by molar-refractivity contribution is 6.57. The number of halogens is 1. The van der Waals surface area contributed by atoms with Crippen molar-refractivity contribution in [1.29, 1.82) is 0 Å². The lowest BCUT2D eigenvalue weighted by atomic mass is 9.51. The van der Waals surface area contributed by atoms with Crippen LogP contribution in [0.4, 0.5) is 4.39 Å². The van der Waals surface area contributed by atoms with Gasteiger partial charge in [-0.1, -0.05) is 24.8 Å². The molecule has 0 fully saturated rings. The SMILES string of the molecule is [B]c1[nH]nc2c([B])c3c(CC([B])([B])C(=O)O)c(C([B])(C)C)n(-c4ccc(F)cc4)c3c([B])c12. The van der Waals surface area contributed by atoms with Crippen molar-refractivity contribution in [2.45, 2.75) is 30.8 Å². The van der Waals surface area contributed by atoms with E-state index in [1.807, 2.05) is 0 Å². The number of nitrogens with zero attached hydrogens (tertiary/aromatic N) is 2. The van der Waals surface area contributed by atoms with Crippen molar-refractivity contribution < 1.29 is 14.3 Å². The zero-order valence-electron chi connectivity index (χ0n) is 18.1. The summed E-state index contributed by atoms with van der Waals surface area (Å²) < 4.78 is 15.4. The van der Waals surface area contributed by atoms with Crippen LogP contribution in [0.25, 0.3) is 27.5 Å². The third-order valence-electron chi connectivity index (χ3n) is 5.68. The van der Waals surface area contributed by atoms with Crippen molar-refractivity contribution in [3.05, 3.63) is 41.3 Å². The number of aromatic nitrogens is 3. The van der Waals surface area contributed by atoms with Crippen LogP contribution < -0.4 is 16.5 Å². The van der Waals surface area contributed by atoms with E-state index in [2.05, 4.69) is 10.2 Å². The lowest BCUT2D eigenvalue weighted by Gasteiger charge is -2.28. The van der Waals surface area contributed by atoms with E-state index in [0.717, 1.165) is 0 Å². The average Bonchev–Trinajstić information content (AvgIpc) is 3.25. The van der Waals surface area contributed by atoms with Gasteiger partial charge in [-0.15, -0.1) is 0 Å². The van der Waals surface area contributed by atoms with E-state index in [-0.39, 0.29) is 22.9 Å². The molecule has 5 nitrogen and oxygen atoms in total. The molecule has 2 N–H and O–H groups in total. The van der Waals surface area contributed by atoms with Gasteiger partial charge in [0.05, 0.1) is 29.1 Å². The first kappa shape index (κ1) is 23.4. The molecular weight excluding hydrogens is 410 g/mol. The summed E-state index contributed by atoms with van der Waals surface area (Å²) in [6, 6.07) is 5.65. The first-order valence-corrected chi connectivity index (χ1v) is 10.00. The number of nitrogens with one attached hydrogen (secondary N) is 1. The van der Waals surface area contributed by atoms with Gasteiger partial charge in [0.1, 0.15) is 29.4 Å². The van der Waals surface area contributed by atoms with E-state index < -0.39 is 22.3 Å². The Balaban J connectivity index is 2.28. The quantitative estimate of drug-likeness (QED) is 0.425. The summed E-state index contributed by atoms with van der Waals surface area (Å²) in [7, 11) is 37.6. The molecule has 0 atom stereocenters. The Bertz CT molecular complexity index is 1420. The lowest BCUT2D eigenvalue weighted by Crippen LogP contribution is -2.30. The molecule has 2 aromatic carbocycles. The van der Waals surface area contributed by atoms with Gasteiger partial charge in [-0.3, -0.25) is 9.89 Å². The van der Waals surface area contributed by atoms with Crippen molar-refractivity contribution in [3.63, 3.8) is 0 Å². The minimum Gasteiger partial charge on any atom is -0.482 e. The summed E-state index contributed by atoms with van der Waals surface area (Å²) >= 11 is 0. The van der Waals surface area contributed by atoms with Crippen molar-refractivity contribution in [2.75, 3.05) is 0 Å². The number of hydrogen-bond acceptors (Lipinski definition) is 2. The van der Waals surface area contributed by atoms with Gasteiger partial charge in [0, 0.05) is 22.3 Å². The zero-order valence-corrected chi connectivity index (χ0v) is 18.1. The molecule has 0 amide bonds. The summed E-state index contributed by atoms with van der Waals surface area (Å²) in [4.78, 5) is 11.8. The van der Waals surface area contributed by atoms with Crippen LogP contribution in [0, 0.1) is 5.82 Å². The van der Waals surface area contributed by atoms with Gasteiger partial charge in [0.25, 0.3) is 5.97 Å². The Morgan fingerprint density at radius 3 is 2.24 bits per heavy atom. The smallest absolute Gasteiger partial charge is 0.292 e. The van der Waals surface area contributed by atoms with Crippen LogP contribution in [0.2, 0.25) is 5.21 Å². The second-order valence-corrected chi connectivity index (χ2v) is 8.79. The number of aromatic amines is 1. The van der Waals surface area contributed by atoms with Crippen molar-refractivity contribution in [3.8, 4) is 5.69 Å². The molecule has 4 rings (SSSR count). The van der Waals surface area contributed by atoms with E-state index in [1.165, 1.54) is 12.1 Å². The fourth-order valence-electron chi connectivity index (χ4n) is 4.29. The topological polar surface area (TPSA) is 70.9 Å². The number of aliphatic carboxylic acids is 1. The lowest BCUT2D eigenvalue weighted by molar-refractivity contribution is -0.138. The summed E-state index contributed by atoms with van der Waals surface area (Å²) in [5.41, 5.74) is 2.72. The van der Waals surface area contributed by atoms with Crippen molar-refractivity contribution in [1.82, 2.24) is 14.8 Å². The molecule has 0 spiro atoms. The summed E-state index contributed by atoms with van der Waals surface area (Å²) in [6.07, 6.45) is -0.321. The molecule has 2 heterocycles. The number of fused-ring (bicyclic) bond motifs is 2. The zero-order chi connectivity index (χ0) is 24.5. The van der Waals surface area contributed by atoms with Gasteiger partial charge >= 0.3 is 0 Å². The highest BCUT2D eigenvalue weighted by Crippen LogP contribution is 2.39. The molecule has 0 bridgehead atoms. The second-order valence-electron chi connectivity index (χ2n) is 8.79. The standard InChI is InChI=1S/C21H14B6FN3O2/c1-20(2,25)17-10(7-21(26,27)19(32)33)11-13(22)15-12(18(24)30-29-15)14(23)16(11)31(17)9-5-3-8(28)4-6-9/h3-6H,7H2,1-2H3,(H,29,30)(H,32,33). The van der Waals surface area contributed by atoms with Gasteiger partial charge < -0.3 is 9.67 Å². The van der Waals surface area contributed by atoms with Gasteiger partial charge in [0.15, 0.2) is 0 Å². The van der Waals surface area contributed by atoms with Crippen LogP contribution in [-0.4, -0.2) is 72.9 Å². The third kappa shape index (κ3) is 3.64. The van der Waals surface area contributed by atoms with Crippen molar-refractivity contribution >= 4 is 91.4 Å². The monoisotopic (exact) mass is 425 g/mol. The normalized spacial score (nSPS) is 12.6. The van der Waals surface area contributed by atoms with Gasteiger partial charge in [-0.25, -0.2) is 4.39 Å². The fourth-order valence-corrected chi connectivity index (χ4v) is 4.29. The van der Waals surface area contributed by atoms with Crippen molar-refractivity contribution in [2.24, 2.45) is 0 Å². The van der Waals surface area contributed by atoms with Crippen LogP contribution in [0.15, 0.2) is 24.3 Å². The van der Waals surface area contributed by atoms with Gasteiger partial charge in [0.2, 0.25) is 0 Å². The molecule has 150 valence electrons. The Morgan fingerprint density at radius 2 is 1.70 bits per heavy atom. The molecular formula is C21H14B6FN3O2. The van der Waals surface area contributed by atoms with E-state index in [0.29, 0.717) is 38.8 Å². The maximum absolute atomic E-state index is 13.7. The molecule has 0 saturated heterocycles. The molecule has 0 unspecified atom stereocenters. The molecule has 0 aliphatic heterocycles. The van der Waals surface area contributed by atoms with Gasteiger partial charge in [-0.05, 0) is 57.8 Å². The number of benzene rings is 2. The molecule has 33 heavy (non-hydrogen) atoms. The Morgan fingerprint density at radius 1 is 1.09 bits per heavy atom. The minimum atomic E-state index is -2.14. The molecule has 12 heteroatoms. The average molecular weight is 424 g/mol. The van der Waals surface area contributed by atoms with Gasteiger partial charge in [-0.2, -0.15) is 5.10 Å². The number of carboxylic acid groups (broad SMARTS) is 1. The Kier molecular flexibility index (Phi) is 5.42. The molecule has 0 aliphatic rings.